The highest BCUT2D eigenvalue weighted by atomic mass is 16.3. The fourth-order valence-corrected chi connectivity index (χ4v) is 1.66. The SMILES string of the molecule is CCCN(CCO)CCCC(C)CC. The molecule has 0 amide bonds. The van der Waals surface area contributed by atoms with Gasteiger partial charge in [0.1, 0.15) is 0 Å². The lowest BCUT2D eigenvalue weighted by atomic mass is 10.0. The number of rotatable bonds is 9. The van der Waals surface area contributed by atoms with Crippen LogP contribution in [0.3, 0.4) is 0 Å². The molecule has 0 radical (unpaired) electrons. The van der Waals surface area contributed by atoms with Gasteiger partial charge in [-0.3, -0.25) is 0 Å². The third kappa shape index (κ3) is 7.34. The molecule has 1 atom stereocenters. The fraction of sp³-hybridized carbons (Fsp3) is 1.00. The minimum atomic E-state index is 0.295. The second kappa shape index (κ2) is 9.47. The van der Waals surface area contributed by atoms with E-state index >= 15 is 0 Å². The molecule has 0 saturated carbocycles. The van der Waals surface area contributed by atoms with Crippen LogP contribution < -0.4 is 0 Å². The summed E-state index contributed by atoms with van der Waals surface area (Å²) in [5.41, 5.74) is 0. The number of hydrogen-bond donors (Lipinski definition) is 1. The van der Waals surface area contributed by atoms with E-state index in [9.17, 15) is 0 Å². The Morgan fingerprint density at radius 1 is 1.14 bits per heavy atom. The number of aliphatic hydroxyl groups excluding tert-OH is 1. The Labute approximate surface area is 89.3 Å². The van der Waals surface area contributed by atoms with Gasteiger partial charge in [0.2, 0.25) is 0 Å². The highest BCUT2D eigenvalue weighted by molar-refractivity contribution is 4.58. The Balaban J connectivity index is 3.49. The fourth-order valence-electron chi connectivity index (χ4n) is 1.66. The van der Waals surface area contributed by atoms with Gasteiger partial charge >= 0.3 is 0 Å². The van der Waals surface area contributed by atoms with Gasteiger partial charge < -0.3 is 10.0 Å². The van der Waals surface area contributed by atoms with Crippen LogP contribution in [0.2, 0.25) is 0 Å². The van der Waals surface area contributed by atoms with Crippen molar-refractivity contribution in [1.29, 1.82) is 0 Å². The first-order chi connectivity index (χ1) is 6.74. The van der Waals surface area contributed by atoms with Crippen molar-refractivity contribution in [2.24, 2.45) is 5.92 Å². The molecule has 0 bridgehead atoms. The number of nitrogens with zero attached hydrogens (tertiary/aromatic N) is 1. The molecule has 1 N–H and O–H groups in total. The monoisotopic (exact) mass is 201 g/mol. The molecule has 0 heterocycles. The molecule has 86 valence electrons. The van der Waals surface area contributed by atoms with Crippen molar-refractivity contribution in [2.75, 3.05) is 26.2 Å². The van der Waals surface area contributed by atoms with E-state index in [1.165, 1.54) is 25.7 Å². The average Bonchev–Trinajstić information content (AvgIpc) is 2.18. The summed E-state index contributed by atoms with van der Waals surface area (Å²) >= 11 is 0. The van der Waals surface area contributed by atoms with E-state index in [0.29, 0.717) is 6.61 Å². The Bertz CT molecular complexity index is 111. The molecule has 2 heteroatoms. The largest absolute Gasteiger partial charge is 0.395 e. The van der Waals surface area contributed by atoms with Crippen LogP contribution in [0.4, 0.5) is 0 Å². The van der Waals surface area contributed by atoms with Crippen molar-refractivity contribution >= 4 is 0 Å². The summed E-state index contributed by atoms with van der Waals surface area (Å²) in [5.74, 6) is 0.854. The van der Waals surface area contributed by atoms with E-state index in [4.69, 9.17) is 5.11 Å². The minimum Gasteiger partial charge on any atom is -0.395 e. The predicted octanol–water partition coefficient (Wildman–Crippen LogP) is 2.52. The van der Waals surface area contributed by atoms with Crippen LogP contribution in [0, 0.1) is 5.92 Å². The zero-order valence-electron chi connectivity index (χ0n) is 10.1. The summed E-state index contributed by atoms with van der Waals surface area (Å²) in [6.45, 7) is 10.2. The minimum absolute atomic E-state index is 0.295. The Kier molecular flexibility index (Phi) is 9.42. The molecule has 0 aromatic heterocycles. The quantitative estimate of drug-likeness (QED) is 0.619. The Morgan fingerprint density at radius 3 is 2.36 bits per heavy atom. The zero-order chi connectivity index (χ0) is 10.8. The van der Waals surface area contributed by atoms with Crippen LogP contribution in [0.5, 0.6) is 0 Å². The highest BCUT2D eigenvalue weighted by Gasteiger charge is 2.04. The first-order valence-corrected chi connectivity index (χ1v) is 6.07. The van der Waals surface area contributed by atoms with Gasteiger partial charge in [0.05, 0.1) is 6.61 Å². The summed E-state index contributed by atoms with van der Waals surface area (Å²) in [6, 6.07) is 0. The standard InChI is InChI=1S/C12H27NO/c1-4-8-13(10-11-14)9-6-7-12(3)5-2/h12,14H,4-11H2,1-3H3. The van der Waals surface area contributed by atoms with Crippen LogP contribution in [-0.2, 0) is 0 Å². The third-order valence-electron chi connectivity index (χ3n) is 2.82. The molecule has 0 rings (SSSR count). The first kappa shape index (κ1) is 13.9. The summed E-state index contributed by atoms with van der Waals surface area (Å²) in [6.07, 6.45) is 5.06. The van der Waals surface area contributed by atoms with E-state index in [2.05, 4.69) is 25.7 Å². The maximum absolute atomic E-state index is 8.88. The lowest BCUT2D eigenvalue weighted by Crippen LogP contribution is -2.29. The van der Waals surface area contributed by atoms with Crippen LogP contribution in [0.25, 0.3) is 0 Å². The van der Waals surface area contributed by atoms with E-state index in [1.54, 1.807) is 0 Å². The normalized spacial score (nSPS) is 13.5. The molecule has 1 unspecified atom stereocenters. The van der Waals surface area contributed by atoms with Gasteiger partial charge in [-0.2, -0.15) is 0 Å². The average molecular weight is 201 g/mol. The molecule has 2 nitrogen and oxygen atoms in total. The van der Waals surface area contributed by atoms with Gasteiger partial charge in [-0.25, -0.2) is 0 Å². The molecule has 0 spiro atoms. The summed E-state index contributed by atoms with van der Waals surface area (Å²) < 4.78 is 0. The number of aliphatic hydroxyl groups is 1. The highest BCUT2D eigenvalue weighted by Crippen LogP contribution is 2.09. The molecular formula is C12H27NO. The summed E-state index contributed by atoms with van der Waals surface area (Å²) in [7, 11) is 0. The smallest absolute Gasteiger partial charge is 0.0558 e. The molecule has 0 aliphatic heterocycles. The molecule has 14 heavy (non-hydrogen) atoms. The zero-order valence-corrected chi connectivity index (χ0v) is 10.1. The van der Waals surface area contributed by atoms with Crippen LogP contribution in [0.1, 0.15) is 46.5 Å². The van der Waals surface area contributed by atoms with Crippen LogP contribution >= 0.6 is 0 Å². The van der Waals surface area contributed by atoms with Gasteiger partial charge in [-0.15, -0.1) is 0 Å². The van der Waals surface area contributed by atoms with Crippen LogP contribution in [-0.4, -0.2) is 36.2 Å². The molecule has 0 aliphatic rings. The molecular weight excluding hydrogens is 174 g/mol. The van der Waals surface area contributed by atoms with Gasteiger partial charge in [0.15, 0.2) is 0 Å². The van der Waals surface area contributed by atoms with Crippen molar-refractivity contribution in [3.63, 3.8) is 0 Å². The molecule has 0 fully saturated rings. The maximum atomic E-state index is 8.88. The van der Waals surface area contributed by atoms with Crippen molar-refractivity contribution in [3.05, 3.63) is 0 Å². The molecule has 0 aromatic rings. The molecule has 0 saturated heterocycles. The Hall–Kier alpha value is -0.0800. The second-order valence-electron chi connectivity index (χ2n) is 4.22. The second-order valence-corrected chi connectivity index (χ2v) is 4.22. The van der Waals surface area contributed by atoms with E-state index in [-0.39, 0.29) is 0 Å². The van der Waals surface area contributed by atoms with Gasteiger partial charge in [0.25, 0.3) is 0 Å². The van der Waals surface area contributed by atoms with Crippen LogP contribution in [0.15, 0.2) is 0 Å². The molecule has 0 aliphatic carbocycles. The van der Waals surface area contributed by atoms with Crippen molar-refractivity contribution in [3.8, 4) is 0 Å². The van der Waals surface area contributed by atoms with Crippen molar-refractivity contribution in [2.45, 2.75) is 46.5 Å². The summed E-state index contributed by atoms with van der Waals surface area (Å²) in [5, 5.41) is 8.88. The van der Waals surface area contributed by atoms with E-state index in [0.717, 1.165) is 25.6 Å². The Morgan fingerprint density at radius 2 is 1.86 bits per heavy atom. The lowest BCUT2D eigenvalue weighted by molar-refractivity contribution is 0.191. The van der Waals surface area contributed by atoms with E-state index < -0.39 is 0 Å². The van der Waals surface area contributed by atoms with E-state index in [1.807, 2.05) is 0 Å². The van der Waals surface area contributed by atoms with Crippen molar-refractivity contribution in [1.82, 2.24) is 4.90 Å². The summed E-state index contributed by atoms with van der Waals surface area (Å²) in [4.78, 5) is 2.36. The van der Waals surface area contributed by atoms with Gasteiger partial charge in [-0.05, 0) is 38.3 Å². The van der Waals surface area contributed by atoms with Crippen molar-refractivity contribution < 1.29 is 5.11 Å². The van der Waals surface area contributed by atoms with Gasteiger partial charge in [-0.1, -0.05) is 27.2 Å². The number of hydrogen-bond acceptors (Lipinski definition) is 2. The first-order valence-electron chi connectivity index (χ1n) is 6.07. The predicted molar refractivity (Wildman–Crippen MR) is 62.5 cm³/mol. The lowest BCUT2D eigenvalue weighted by Gasteiger charge is -2.21. The molecule has 0 aromatic carbocycles. The third-order valence-corrected chi connectivity index (χ3v) is 2.82. The van der Waals surface area contributed by atoms with Gasteiger partial charge in [0, 0.05) is 6.54 Å². The topological polar surface area (TPSA) is 23.5 Å². The maximum Gasteiger partial charge on any atom is 0.0558 e.